The first-order valence-electron chi connectivity index (χ1n) is 16.9. The van der Waals surface area contributed by atoms with Crippen LogP contribution < -0.4 is 10.6 Å². The molecule has 1 aromatic rings. The smallest absolute Gasteiger partial charge is 0.315 e. The van der Waals surface area contributed by atoms with E-state index in [1.165, 1.54) is 0 Å². The second-order valence-electron chi connectivity index (χ2n) is 16.2. The molecule has 1 saturated carbocycles. The highest BCUT2D eigenvalue weighted by Gasteiger charge is 2.69. The molecule has 2 N–H and O–H groups in total. The Balaban J connectivity index is 1.74. The van der Waals surface area contributed by atoms with Crippen molar-refractivity contribution in [2.24, 2.45) is 28.6 Å². The molecular formula is C37H55N3O7S. The van der Waals surface area contributed by atoms with E-state index < -0.39 is 56.4 Å². The van der Waals surface area contributed by atoms with E-state index in [9.17, 15) is 32.4 Å². The molecule has 0 aromatic heterocycles. The molecule has 11 heteroatoms. The summed E-state index contributed by atoms with van der Waals surface area (Å²) in [4.78, 5) is 69.2. The van der Waals surface area contributed by atoms with Gasteiger partial charge in [-0.1, -0.05) is 71.0 Å². The van der Waals surface area contributed by atoms with Gasteiger partial charge in [0.1, 0.15) is 6.04 Å². The van der Waals surface area contributed by atoms with Gasteiger partial charge in [0.2, 0.25) is 11.7 Å². The molecule has 1 aliphatic carbocycles. The van der Waals surface area contributed by atoms with Crippen molar-refractivity contribution in [3.63, 3.8) is 0 Å². The predicted octanol–water partition coefficient (Wildman–Crippen LogP) is 5.06. The van der Waals surface area contributed by atoms with Crippen LogP contribution in [0.2, 0.25) is 0 Å². The van der Waals surface area contributed by atoms with Gasteiger partial charge in [0.25, 0.3) is 0 Å². The number of fused-ring (bicyclic) bond motifs is 1. The first-order valence-corrected chi connectivity index (χ1v) is 18.8. The first kappa shape index (κ1) is 39.1. The lowest BCUT2D eigenvalue weighted by atomic mass is 9.83. The van der Waals surface area contributed by atoms with E-state index in [2.05, 4.69) is 31.1 Å². The SMILES string of the molecule is C=CCCC(CC(=O)[C@@H]1[C@@H]2[C@H](CN1C(=O)[C@@H](NC(=O)NC(C)(C)C)C(C)(C)C)C2(C)C)C(=O)C(=O)CCCS(=O)(=O)Cc1ccccc1. The largest absolute Gasteiger partial charge is 0.334 e. The molecule has 2 aliphatic rings. The molecule has 0 radical (unpaired) electrons. The number of urea groups is 1. The second-order valence-corrected chi connectivity index (χ2v) is 18.4. The number of hydrogen-bond donors (Lipinski definition) is 2. The minimum absolute atomic E-state index is 0.00863. The lowest BCUT2D eigenvalue weighted by Gasteiger charge is -2.38. The maximum Gasteiger partial charge on any atom is 0.315 e. The van der Waals surface area contributed by atoms with E-state index in [0.717, 1.165) is 0 Å². The summed E-state index contributed by atoms with van der Waals surface area (Å²) in [5, 5.41) is 5.68. The van der Waals surface area contributed by atoms with Gasteiger partial charge in [-0.2, -0.15) is 0 Å². The van der Waals surface area contributed by atoms with Crippen LogP contribution in [-0.4, -0.2) is 72.5 Å². The van der Waals surface area contributed by atoms with Crippen LogP contribution in [0.25, 0.3) is 0 Å². The van der Waals surface area contributed by atoms with Gasteiger partial charge in [0.15, 0.2) is 21.4 Å². The molecule has 10 nitrogen and oxygen atoms in total. The van der Waals surface area contributed by atoms with Crippen LogP contribution in [0.1, 0.15) is 93.1 Å². The number of carbonyl (C=O) groups is 5. The molecule has 3 amide bonds. The number of nitrogens with zero attached hydrogens (tertiary/aromatic N) is 1. The number of amides is 3. The summed E-state index contributed by atoms with van der Waals surface area (Å²) in [5.41, 5.74) is -0.700. The molecule has 1 saturated heterocycles. The number of sulfone groups is 1. The molecule has 1 unspecified atom stereocenters. The third-order valence-electron chi connectivity index (χ3n) is 9.60. The van der Waals surface area contributed by atoms with Crippen LogP contribution in [0.4, 0.5) is 4.79 Å². The van der Waals surface area contributed by atoms with E-state index in [4.69, 9.17) is 0 Å². The Morgan fingerprint density at radius 2 is 1.67 bits per heavy atom. The van der Waals surface area contributed by atoms with Crippen molar-refractivity contribution in [3.05, 3.63) is 48.6 Å². The van der Waals surface area contributed by atoms with Crippen molar-refractivity contribution in [2.75, 3.05) is 12.3 Å². The van der Waals surface area contributed by atoms with E-state index in [0.29, 0.717) is 18.5 Å². The van der Waals surface area contributed by atoms with Crippen molar-refractivity contribution in [3.8, 4) is 0 Å². The first-order chi connectivity index (χ1) is 22.1. The van der Waals surface area contributed by atoms with Crippen molar-refractivity contribution >= 4 is 39.1 Å². The molecule has 0 spiro atoms. The number of rotatable bonds is 16. The van der Waals surface area contributed by atoms with Crippen LogP contribution in [0.15, 0.2) is 43.0 Å². The van der Waals surface area contributed by atoms with Crippen LogP contribution in [0, 0.1) is 28.6 Å². The molecule has 3 rings (SSSR count). The summed E-state index contributed by atoms with van der Waals surface area (Å²) in [6, 6.07) is 6.59. The number of piperidine rings is 1. The van der Waals surface area contributed by atoms with Crippen molar-refractivity contribution < 1.29 is 32.4 Å². The van der Waals surface area contributed by atoms with Gasteiger partial charge in [-0.25, -0.2) is 13.2 Å². The minimum Gasteiger partial charge on any atom is -0.334 e. The van der Waals surface area contributed by atoms with Gasteiger partial charge in [0, 0.05) is 30.8 Å². The third kappa shape index (κ3) is 10.1. The van der Waals surface area contributed by atoms with Gasteiger partial charge in [0.05, 0.1) is 17.5 Å². The standard InChI is InChI=1S/C37H55N3O7S/c1-10-11-18-25(31(43)27(41)19-15-20-48(46,47)23-24-16-13-12-14-17-24)21-28(42)30-29-26(37(29,8)9)22-40(30)33(44)32(35(2,3)4)38-34(45)39-36(5,6)7/h10,12-14,16-17,25-26,29-30,32H,1,11,15,18-23H2,2-9H3,(H2,38,39,45)/t25?,26-,29-,30+,32+/m0/s1. The number of ketones is 3. The number of benzene rings is 1. The Kier molecular flexibility index (Phi) is 12.3. The highest BCUT2D eigenvalue weighted by molar-refractivity contribution is 7.90. The van der Waals surface area contributed by atoms with Crippen LogP contribution in [0.3, 0.4) is 0 Å². The average molecular weight is 686 g/mol. The Hall–Kier alpha value is -3.34. The normalized spacial score (nSPS) is 21.4. The number of carbonyl (C=O) groups excluding carboxylic acids is 5. The number of allylic oxidation sites excluding steroid dienone is 1. The van der Waals surface area contributed by atoms with E-state index >= 15 is 0 Å². The number of Topliss-reactive ketones (excluding diaryl/α,β-unsaturated/α-hetero) is 3. The maximum absolute atomic E-state index is 14.1. The molecule has 1 aromatic carbocycles. The monoisotopic (exact) mass is 685 g/mol. The number of hydrogen-bond acceptors (Lipinski definition) is 7. The summed E-state index contributed by atoms with van der Waals surface area (Å²) in [5.74, 6) is -3.31. The van der Waals surface area contributed by atoms with Crippen LogP contribution >= 0.6 is 0 Å². The zero-order valence-corrected chi connectivity index (χ0v) is 30.7. The average Bonchev–Trinajstić information content (AvgIpc) is 3.27. The van der Waals surface area contributed by atoms with Gasteiger partial charge >= 0.3 is 6.03 Å². The lowest BCUT2D eigenvalue weighted by Crippen LogP contribution is -2.60. The number of likely N-dealkylation sites (tertiary alicyclic amines) is 1. The van der Waals surface area contributed by atoms with Gasteiger partial charge < -0.3 is 15.5 Å². The molecule has 1 aliphatic heterocycles. The zero-order valence-electron chi connectivity index (χ0n) is 29.9. The second kappa shape index (κ2) is 15.0. The van der Waals surface area contributed by atoms with Gasteiger partial charge in [-0.05, 0) is 68.3 Å². The van der Waals surface area contributed by atoms with E-state index in [1.807, 2.05) is 41.5 Å². The van der Waals surface area contributed by atoms with Crippen molar-refractivity contribution in [2.45, 2.75) is 111 Å². The van der Waals surface area contributed by atoms with Gasteiger partial charge in [-0.3, -0.25) is 19.2 Å². The van der Waals surface area contributed by atoms with E-state index in [-0.39, 0.29) is 66.1 Å². The fourth-order valence-electron chi connectivity index (χ4n) is 6.92. The topological polar surface area (TPSA) is 147 Å². The molecule has 266 valence electrons. The fourth-order valence-corrected chi connectivity index (χ4v) is 8.35. The molecular weight excluding hydrogens is 630 g/mol. The van der Waals surface area contributed by atoms with Crippen molar-refractivity contribution in [1.29, 1.82) is 0 Å². The summed E-state index contributed by atoms with van der Waals surface area (Å²) in [7, 11) is -3.48. The van der Waals surface area contributed by atoms with Crippen LogP contribution in [0.5, 0.6) is 0 Å². The molecule has 2 fully saturated rings. The summed E-state index contributed by atoms with van der Waals surface area (Å²) in [6.07, 6.45) is 1.84. The fraction of sp³-hybridized carbons (Fsp3) is 0.649. The molecule has 48 heavy (non-hydrogen) atoms. The third-order valence-corrected chi connectivity index (χ3v) is 11.3. The highest BCUT2D eigenvalue weighted by atomic mass is 32.2. The summed E-state index contributed by atoms with van der Waals surface area (Å²) >= 11 is 0. The zero-order chi connectivity index (χ0) is 36.2. The predicted molar refractivity (Wildman–Crippen MR) is 187 cm³/mol. The summed E-state index contributed by atoms with van der Waals surface area (Å²) in [6.45, 7) is 19.3. The van der Waals surface area contributed by atoms with Crippen molar-refractivity contribution in [1.82, 2.24) is 15.5 Å². The molecule has 1 heterocycles. The van der Waals surface area contributed by atoms with Crippen LogP contribution in [-0.2, 0) is 34.8 Å². The quantitative estimate of drug-likeness (QED) is 0.183. The molecule has 0 bridgehead atoms. The Labute approximate surface area is 286 Å². The highest BCUT2D eigenvalue weighted by Crippen LogP contribution is 2.65. The molecule has 5 atom stereocenters. The maximum atomic E-state index is 14.1. The Bertz CT molecular complexity index is 1490. The number of nitrogens with one attached hydrogen (secondary N) is 2. The Morgan fingerprint density at radius 1 is 1.04 bits per heavy atom. The van der Waals surface area contributed by atoms with Gasteiger partial charge in [-0.15, -0.1) is 6.58 Å². The Morgan fingerprint density at radius 3 is 2.23 bits per heavy atom. The van der Waals surface area contributed by atoms with E-state index in [1.54, 1.807) is 41.3 Å². The minimum atomic E-state index is -3.48. The summed E-state index contributed by atoms with van der Waals surface area (Å²) < 4.78 is 25.2. The lowest BCUT2D eigenvalue weighted by molar-refractivity contribution is -0.144.